The summed E-state index contributed by atoms with van der Waals surface area (Å²) in [5, 5.41) is 3.31. The van der Waals surface area contributed by atoms with E-state index in [-0.39, 0.29) is 10.8 Å². The monoisotopic (exact) mass is 440 g/mol. The first-order valence-electron chi connectivity index (χ1n) is 10.1. The molecule has 1 unspecified atom stereocenters. The molecule has 9 heteroatoms. The fraction of sp³-hybridized carbons (Fsp3) is 0.524. The molecule has 1 aromatic carbocycles. The summed E-state index contributed by atoms with van der Waals surface area (Å²) < 4.78 is 46.2. The predicted octanol–water partition coefficient (Wildman–Crippen LogP) is 4.57. The number of hydrogen-bond donors (Lipinski definition) is 1. The molecular formula is C21H24ClF3N4O. The number of hydrogen-bond acceptors (Lipinski definition) is 5. The number of anilines is 1. The van der Waals surface area contributed by atoms with Gasteiger partial charge < -0.3 is 10.1 Å². The number of aryl methyl sites for hydroxylation is 1. The summed E-state index contributed by atoms with van der Waals surface area (Å²) >= 11 is 6.13. The maximum atomic E-state index is 14.6. The Kier molecular flexibility index (Phi) is 6.46. The molecule has 1 aliphatic carbocycles. The van der Waals surface area contributed by atoms with Crippen molar-refractivity contribution in [1.82, 2.24) is 14.9 Å². The lowest BCUT2D eigenvalue weighted by molar-refractivity contribution is 0.0136. The van der Waals surface area contributed by atoms with Gasteiger partial charge in [-0.1, -0.05) is 18.2 Å². The number of morpholine rings is 1. The molecule has 0 saturated carbocycles. The molecule has 0 amide bonds. The first kappa shape index (κ1) is 21.3. The van der Waals surface area contributed by atoms with E-state index >= 15 is 0 Å². The summed E-state index contributed by atoms with van der Waals surface area (Å²) in [6.45, 7) is 4.95. The van der Waals surface area contributed by atoms with Crippen LogP contribution in [0.1, 0.15) is 48.2 Å². The van der Waals surface area contributed by atoms with E-state index in [4.69, 9.17) is 16.3 Å². The average molecular weight is 441 g/mol. The van der Waals surface area contributed by atoms with Crippen molar-refractivity contribution in [1.29, 1.82) is 0 Å². The Morgan fingerprint density at radius 1 is 1.20 bits per heavy atom. The Morgan fingerprint density at radius 2 is 1.93 bits per heavy atom. The van der Waals surface area contributed by atoms with Crippen LogP contribution in [-0.2, 0) is 17.6 Å². The van der Waals surface area contributed by atoms with Gasteiger partial charge in [-0.05, 0) is 37.8 Å². The normalized spacial score (nSPS) is 20.8. The molecule has 0 bridgehead atoms. The Bertz CT molecular complexity index is 908. The SMILES string of the molecule is C[C@@H](Nc1nc(Cl)nc2c1CC(N1CCOCC1)CC2)c1cccc(C(F)F)c1F. The molecule has 4 rings (SSSR count). The van der Waals surface area contributed by atoms with E-state index in [1.54, 1.807) is 6.92 Å². The zero-order valence-corrected chi connectivity index (χ0v) is 17.4. The molecule has 1 saturated heterocycles. The van der Waals surface area contributed by atoms with Gasteiger partial charge in [0.15, 0.2) is 0 Å². The minimum absolute atomic E-state index is 0.120. The highest BCUT2D eigenvalue weighted by Crippen LogP contribution is 2.33. The van der Waals surface area contributed by atoms with Crippen LogP contribution in [0.2, 0.25) is 5.28 Å². The third-order valence-corrected chi connectivity index (χ3v) is 6.06. The van der Waals surface area contributed by atoms with Crippen molar-refractivity contribution in [2.75, 3.05) is 31.6 Å². The highest BCUT2D eigenvalue weighted by molar-refractivity contribution is 6.28. The van der Waals surface area contributed by atoms with Gasteiger partial charge in [0, 0.05) is 30.3 Å². The Balaban J connectivity index is 1.59. The number of ether oxygens (including phenoxy) is 1. The molecule has 5 nitrogen and oxygen atoms in total. The minimum Gasteiger partial charge on any atom is -0.379 e. The molecule has 2 aliphatic rings. The van der Waals surface area contributed by atoms with E-state index in [1.165, 1.54) is 12.1 Å². The summed E-state index contributed by atoms with van der Waals surface area (Å²) in [6.07, 6.45) is -0.368. The summed E-state index contributed by atoms with van der Waals surface area (Å²) in [4.78, 5) is 11.2. The van der Waals surface area contributed by atoms with E-state index < -0.39 is 23.8 Å². The first-order chi connectivity index (χ1) is 14.4. The molecule has 2 atom stereocenters. The Morgan fingerprint density at radius 3 is 2.67 bits per heavy atom. The van der Waals surface area contributed by atoms with Gasteiger partial charge in [-0.2, -0.15) is 0 Å². The molecular weight excluding hydrogens is 417 g/mol. The van der Waals surface area contributed by atoms with Crippen molar-refractivity contribution in [2.24, 2.45) is 0 Å². The first-order valence-corrected chi connectivity index (χ1v) is 10.5. The maximum absolute atomic E-state index is 14.6. The van der Waals surface area contributed by atoms with Crippen molar-refractivity contribution in [3.63, 3.8) is 0 Å². The van der Waals surface area contributed by atoms with Gasteiger partial charge in [0.2, 0.25) is 5.28 Å². The van der Waals surface area contributed by atoms with Crippen LogP contribution in [0, 0.1) is 5.82 Å². The van der Waals surface area contributed by atoms with Crippen LogP contribution in [0.15, 0.2) is 18.2 Å². The van der Waals surface area contributed by atoms with Gasteiger partial charge >= 0.3 is 0 Å². The fourth-order valence-electron chi connectivity index (χ4n) is 4.29. The van der Waals surface area contributed by atoms with Crippen molar-refractivity contribution in [3.8, 4) is 0 Å². The van der Waals surface area contributed by atoms with Crippen molar-refractivity contribution in [2.45, 2.75) is 44.7 Å². The second-order valence-corrected chi connectivity index (χ2v) is 8.07. The smallest absolute Gasteiger partial charge is 0.266 e. The van der Waals surface area contributed by atoms with E-state index in [0.717, 1.165) is 62.9 Å². The van der Waals surface area contributed by atoms with Crippen molar-refractivity contribution < 1.29 is 17.9 Å². The van der Waals surface area contributed by atoms with Crippen LogP contribution in [0.5, 0.6) is 0 Å². The Hall–Kier alpha value is -1.90. The average Bonchev–Trinajstić information content (AvgIpc) is 2.74. The lowest BCUT2D eigenvalue weighted by atomic mass is 9.90. The van der Waals surface area contributed by atoms with Crippen molar-refractivity contribution >= 4 is 17.4 Å². The van der Waals surface area contributed by atoms with E-state index in [2.05, 4.69) is 20.2 Å². The molecule has 0 spiro atoms. The summed E-state index contributed by atoms with van der Waals surface area (Å²) in [5.41, 5.74) is 1.41. The van der Waals surface area contributed by atoms with E-state index in [9.17, 15) is 13.2 Å². The second kappa shape index (κ2) is 9.08. The number of benzene rings is 1. The second-order valence-electron chi connectivity index (χ2n) is 7.73. The molecule has 1 fully saturated rings. The largest absolute Gasteiger partial charge is 0.379 e. The van der Waals surface area contributed by atoms with Crippen LogP contribution in [0.4, 0.5) is 19.0 Å². The number of halogens is 4. The fourth-order valence-corrected chi connectivity index (χ4v) is 4.48. The molecule has 2 aromatic rings. The summed E-state index contributed by atoms with van der Waals surface area (Å²) in [6, 6.07) is 3.83. The topological polar surface area (TPSA) is 50.3 Å². The van der Waals surface area contributed by atoms with Crippen LogP contribution in [0.25, 0.3) is 0 Å². The van der Waals surface area contributed by atoms with Crippen LogP contribution in [0.3, 0.4) is 0 Å². The third kappa shape index (κ3) is 4.40. The highest BCUT2D eigenvalue weighted by atomic mass is 35.5. The van der Waals surface area contributed by atoms with Gasteiger partial charge in [0.1, 0.15) is 11.6 Å². The number of nitrogens with zero attached hydrogens (tertiary/aromatic N) is 3. The third-order valence-electron chi connectivity index (χ3n) is 5.89. The lowest BCUT2D eigenvalue weighted by Crippen LogP contribution is -2.46. The predicted molar refractivity (Wildman–Crippen MR) is 109 cm³/mol. The highest BCUT2D eigenvalue weighted by Gasteiger charge is 2.29. The number of fused-ring (bicyclic) bond motifs is 1. The molecule has 1 aromatic heterocycles. The maximum Gasteiger partial charge on any atom is 0.266 e. The quantitative estimate of drug-likeness (QED) is 0.690. The van der Waals surface area contributed by atoms with Gasteiger partial charge in [-0.3, -0.25) is 4.90 Å². The van der Waals surface area contributed by atoms with Crippen molar-refractivity contribution in [3.05, 3.63) is 51.7 Å². The van der Waals surface area contributed by atoms with Gasteiger partial charge in [0.25, 0.3) is 6.43 Å². The Labute approximate surface area is 178 Å². The van der Waals surface area contributed by atoms with Gasteiger partial charge in [-0.15, -0.1) is 0 Å². The molecule has 162 valence electrons. The van der Waals surface area contributed by atoms with Gasteiger partial charge in [-0.25, -0.2) is 23.1 Å². The molecule has 30 heavy (non-hydrogen) atoms. The van der Waals surface area contributed by atoms with E-state index in [0.29, 0.717) is 11.9 Å². The van der Waals surface area contributed by atoms with Crippen LogP contribution >= 0.6 is 11.6 Å². The number of alkyl halides is 2. The van der Waals surface area contributed by atoms with E-state index in [1.807, 2.05) is 0 Å². The molecule has 2 heterocycles. The molecule has 1 aliphatic heterocycles. The summed E-state index contributed by atoms with van der Waals surface area (Å²) in [7, 11) is 0. The molecule has 1 N–H and O–H groups in total. The minimum atomic E-state index is -2.87. The zero-order valence-electron chi connectivity index (χ0n) is 16.7. The van der Waals surface area contributed by atoms with Crippen LogP contribution in [-0.4, -0.2) is 47.2 Å². The number of rotatable bonds is 5. The standard InChI is InChI=1S/C21H24ClF3N4O/c1-12(14-3-2-4-15(18(14)23)19(24)25)26-20-16-11-13(29-7-9-30-10-8-29)5-6-17(16)27-21(22)28-20/h2-4,12-13,19H,5-11H2,1H3,(H,26,27,28)/t12-,13?/m1/s1. The number of aromatic nitrogens is 2. The lowest BCUT2D eigenvalue weighted by Gasteiger charge is -2.37. The van der Waals surface area contributed by atoms with Gasteiger partial charge in [0.05, 0.1) is 30.5 Å². The number of nitrogens with one attached hydrogen (secondary N) is 1. The molecule has 0 radical (unpaired) electrons. The van der Waals surface area contributed by atoms with Crippen LogP contribution < -0.4 is 5.32 Å². The summed E-state index contributed by atoms with van der Waals surface area (Å²) in [5.74, 6) is -0.356. The zero-order chi connectivity index (χ0) is 21.3.